The highest BCUT2D eigenvalue weighted by atomic mass is 32.1. The Balaban J connectivity index is 1.77. The molecule has 8 nitrogen and oxygen atoms in total. The minimum absolute atomic E-state index is 0.354. The number of amides is 1. The molecule has 0 saturated carbocycles. The highest BCUT2D eigenvalue weighted by Gasteiger charge is 2.13. The summed E-state index contributed by atoms with van der Waals surface area (Å²) in [7, 11) is 0. The smallest absolute Gasteiger partial charge is 0.307 e. The second kappa shape index (κ2) is 7.39. The molecule has 0 aliphatic heterocycles. The Bertz CT molecular complexity index is 1020. The molecule has 0 atom stereocenters. The van der Waals surface area contributed by atoms with Crippen LogP contribution in [0.1, 0.15) is 24.8 Å². The normalized spacial score (nSPS) is 10.9. The number of carbonyl (C=O) groups excluding carboxylic acids is 1. The molecule has 0 bridgehead atoms. The van der Waals surface area contributed by atoms with E-state index in [1.54, 1.807) is 24.3 Å². The quantitative estimate of drug-likeness (QED) is 0.693. The minimum atomic E-state index is -0.625. The van der Waals surface area contributed by atoms with Crippen molar-refractivity contribution in [1.29, 1.82) is 0 Å². The van der Waals surface area contributed by atoms with E-state index in [-0.39, 0.29) is 6.54 Å². The van der Waals surface area contributed by atoms with Gasteiger partial charge in [-0.15, -0.1) is 10.2 Å². The zero-order valence-corrected chi connectivity index (χ0v) is 14.4. The van der Waals surface area contributed by atoms with Gasteiger partial charge in [-0.25, -0.2) is 4.79 Å². The lowest BCUT2D eigenvalue weighted by atomic mass is 10.2. The fourth-order valence-corrected chi connectivity index (χ4v) is 3.18. The van der Waals surface area contributed by atoms with Crippen LogP contribution >= 0.6 is 11.3 Å². The summed E-state index contributed by atoms with van der Waals surface area (Å²) in [5.41, 5.74) is -0.686. The van der Waals surface area contributed by atoms with Gasteiger partial charge in [0, 0.05) is 6.42 Å². The molecule has 2 aromatic heterocycles. The average molecular weight is 359 g/mol. The van der Waals surface area contributed by atoms with Crippen molar-refractivity contribution in [2.45, 2.75) is 32.7 Å². The summed E-state index contributed by atoms with van der Waals surface area (Å²) in [6.07, 6.45) is 2.87. The van der Waals surface area contributed by atoms with Crippen molar-refractivity contribution in [2.24, 2.45) is 0 Å². The average Bonchev–Trinajstić information content (AvgIpc) is 3.04. The molecule has 0 spiro atoms. The lowest BCUT2D eigenvalue weighted by molar-refractivity contribution is -0.116. The third-order valence-electron chi connectivity index (χ3n) is 3.65. The first-order chi connectivity index (χ1) is 12.1. The van der Waals surface area contributed by atoms with Gasteiger partial charge in [0.05, 0.1) is 10.9 Å². The van der Waals surface area contributed by atoms with Gasteiger partial charge in [0.25, 0.3) is 5.56 Å². The van der Waals surface area contributed by atoms with Crippen LogP contribution in [0.5, 0.6) is 0 Å². The molecule has 2 N–H and O–H groups in total. The van der Waals surface area contributed by atoms with Crippen LogP contribution in [-0.2, 0) is 17.8 Å². The fraction of sp³-hybridized carbons (Fsp3) is 0.312. The molecular weight excluding hydrogens is 342 g/mol. The first-order valence-electron chi connectivity index (χ1n) is 7.92. The number of anilines is 1. The predicted octanol–water partition coefficient (Wildman–Crippen LogP) is 1.52. The van der Waals surface area contributed by atoms with Gasteiger partial charge >= 0.3 is 5.69 Å². The largest absolute Gasteiger partial charge is 0.329 e. The molecule has 3 aromatic rings. The maximum atomic E-state index is 12.4. The van der Waals surface area contributed by atoms with Gasteiger partial charge in [-0.2, -0.15) is 0 Å². The number of carbonyl (C=O) groups is 1. The van der Waals surface area contributed by atoms with Gasteiger partial charge in [-0.3, -0.25) is 19.5 Å². The Morgan fingerprint density at radius 2 is 2.08 bits per heavy atom. The summed E-state index contributed by atoms with van der Waals surface area (Å²) in [6.45, 7) is 1.70. The van der Waals surface area contributed by atoms with Crippen LogP contribution in [0.3, 0.4) is 0 Å². The second-order valence-corrected chi connectivity index (χ2v) is 6.58. The van der Waals surface area contributed by atoms with E-state index in [0.29, 0.717) is 16.0 Å². The molecule has 3 rings (SSSR count). The number of aromatic amines is 1. The predicted molar refractivity (Wildman–Crippen MR) is 96.0 cm³/mol. The Kier molecular flexibility index (Phi) is 5.03. The minimum Gasteiger partial charge on any atom is -0.307 e. The number of fused-ring (bicyclic) bond motifs is 1. The Morgan fingerprint density at radius 3 is 2.88 bits per heavy atom. The molecule has 1 amide bonds. The maximum Gasteiger partial charge on any atom is 0.329 e. The number of nitrogens with zero attached hydrogens (tertiary/aromatic N) is 3. The number of hydrogen-bond acceptors (Lipinski definition) is 6. The van der Waals surface area contributed by atoms with Crippen LogP contribution in [0.25, 0.3) is 10.9 Å². The lowest BCUT2D eigenvalue weighted by Gasteiger charge is -2.05. The number of benzene rings is 1. The first-order valence-corrected chi connectivity index (χ1v) is 8.74. The molecule has 25 heavy (non-hydrogen) atoms. The van der Waals surface area contributed by atoms with Gasteiger partial charge in [0.1, 0.15) is 11.6 Å². The maximum absolute atomic E-state index is 12.4. The zero-order chi connectivity index (χ0) is 17.8. The summed E-state index contributed by atoms with van der Waals surface area (Å²) in [5.74, 6) is -0.499. The zero-order valence-electron chi connectivity index (χ0n) is 13.6. The van der Waals surface area contributed by atoms with Crippen LogP contribution in [0.4, 0.5) is 5.13 Å². The number of H-pyrrole nitrogens is 1. The van der Waals surface area contributed by atoms with E-state index < -0.39 is 17.2 Å². The van der Waals surface area contributed by atoms with E-state index in [1.807, 2.05) is 0 Å². The highest BCUT2D eigenvalue weighted by molar-refractivity contribution is 7.15. The van der Waals surface area contributed by atoms with Crippen LogP contribution in [0.15, 0.2) is 33.9 Å². The number of unbranched alkanes of at least 4 members (excludes halogenated alkanes) is 1. The van der Waals surface area contributed by atoms with Crippen LogP contribution in [0, 0.1) is 0 Å². The van der Waals surface area contributed by atoms with Crippen molar-refractivity contribution in [3.63, 3.8) is 0 Å². The number of hydrogen-bond donors (Lipinski definition) is 2. The summed E-state index contributed by atoms with van der Waals surface area (Å²) in [5, 5.41) is 12.1. The molecule has 0 unspecified atom stereocenters. The van der Waals surface area contributed by atoms with Crippen LogP contribution in [-0.4, -0.2) is 25.7 Å². The van der Waals surface area contributed by atoms with Crippen molar-refractivity contribution in [3.8, 4) is 0 Å². The van der Waals surface area contributed by atoms with Gasteiger partial charge in [0.15, 0.2) is 0 Å². The van der Waals surface area contributed by atoms with E-state index >= 15 is 0 Å². The third kappa shape index (κ3) is 3.82. The molecule has 0 aliphatic rings. The summed E-state index contributed by atoms with van der Waals surface area (Å²) in [6, 6.07) is 6.67. The first kappa shape index (κ1) is 17.0. The molecule has 2 heterocycles. The molecule has 0 fully saturated rings. The fourth-order valence-electron chi connectivity index (χ4n) is 2.38. The SMILES string of the molecule is CCCCc1nnc(NC(=O)Cn2c(=O)[nH]c3ccccc3c2=O)s1. The van der Waals surface area contributed by atoms with Gasteiger partial charge in [0.2, 0.25) is 11.0 Å². The summed E-state index contributed by atoms with van der Waals surface area (Å²) in [4.78, 5) is 39.2. The van der Waals surface area contributed by atoms with E-state index in [2.05, 4.69) is 27.4 Å². The summed E-state index contributed by atoms with van der Waals surface area (Å²) < 4.78 is 0.872. The summed E-state index contributed by atoms with van der Waals surface area (Å²) >= 11 is 1.30. The van der Waals surface area contributed by atoms with Crippen molar-refractivity contribution >= 4 is 33.3 Å². The van der Waals surface area contributed by atoms with Crippen molar-refractivity contribution in [2.75, 3.05) is 5.32 Å². The topological polar surface area (TPSA) is 110 Å². The van der Waals surface area contributed by atoms with E-state index in [4.69, 9.17) is 0 Å². The molecule has 130 valence electrons. The lowest BCUT2D eigenvalue weighted by Crippen LogP contribution is -2.38. The Morgan fingerprint density at radius 1 is 1.28 bits per heavy atom. The van der Waals surface area contributed by atoms with Gasteiger partial charge in [-0.1, -0.05) is 36.8 Å². The van der Waals surface area contributed by atoms with Gasteiger partial charge in [-0.05, 0) is 18.6 Å². The van der Waals surface area contributed by atoms with Crippen molar-refractivity contribution in [1.82, 2.24) is 19.7 Å². The third-order valence-corrected chi connectivity index (χ3v) is 4.55. The molecule has 9 heteroatoms. The highest BCUT2D eigenvalue weighted by Crippen LogP contribution is 2.17. The van der Waals surface area contributed by atoms with E-state index in [0.717, 1.165) is 28.8 Å². The second-order valence-electron chi connectivity index (χ2n) is 5.52. The van der Waals surface area contributed by atoms with E-state index in [1.165, 1.54) is 11.3 Å². The van der Waals surface area contributed by atoms with Crippen LogP contribution < -0.4 is 16.6 Å². The molecule has 0 aliphatic carbocycles. The molecular formula is C16H17N5O3S. The monoisotopic (exact) mass is 359 g/mol. The number of aryl methyl sites for hydroxylation is 1. The Hall–Kier alpha value is -2.81. The number of aromatic nitrogens is 4. The number of nitrogens with one attached hydrogen (secondary N) is 2. The Labute approximate surface area is 146 Å². The molecule has 1 aromatic carbocycles. The van der Waals surface area contributed by atoms with Crippen molar-refractivity contribution < 1.29 is 4.79 Å². The molecule has 0 radical (unpaired) electrons. The molecule has 0 saturated heterocycles. The number of para-hydroxylation sites is 1. The van der Waals surface area contributed by atoms with Crippen LogP contribution in [0.2, 0.25) is 0 Å². The van der Waals surface area contributed by atoms with E-state index in [9.17, 15) is 14.4 Å². The van der Waals surface area contributed by atoms with Gasteiger partial charge < -0.3 is 4.98 Å². The number of rotatable bonds is 6. The standard InChI is InChI=1S/C16H17N5O3S/c1-2-3-8-13-19-20-15(25-13)18-12(22)9-21-14(23)10-6-4-5-7-11(10)17-16(21)24/h4-7H,2-3,8-9H2,1H3,(H,17,24)(H,18,20,22). The van der Waals surface area contributed by atoms with Crippen molar-refractivity contribution in [3.05, 3.63) is 50.1 Å².